The number of rotatable bonds is 77. The zero-order chi connectivity index (χ0) is 74.6. The summed E-state index contributed by atoms with van der Waals surface area (Å²) in [5.74, 6) is -2.24. The van der Waals surface area contributed by atoms with E-state index >= 15 is 0 Å². The highest BCUT2D eigenvalue weighted by Crippen LogP contribution is 2.45. The highest BCUT2D eigenvalue weighted by molar-refractivity contribution is 7.47. The van der Waals surface area contributed by atoms with Crippen LogP contribution >= 0.6 is 15.6 Å². The quantitative estimate of drug-likeness (QED) is 0.0169. The maximum Gasteiger partial charge on any atom is 0.472 e. The van der Waals surface area contributed by atoms with E-state index in [4.69, 9.17) is 37.0 Å². The Bertz CT molecular complexity index is 2260. The van der Waals surface area contributed by atoms with E-state index in [1.54, 1.807) is 0 Å². The molecule has 19 heteroatoms. The summed E-state index contributed by atoms with van der Waals surface area (Å²) >= 11 is 0. The van der Waals surface area contributed by atoms with Crippen LogP contribution in [-0.2, 0) is 65.4 Å². The number of carbonyl (C=O) groups excluding carboxylic acids is 4. The van der Waals surface area contributed by atoms with Crippen molar-refractivity contribution >= 4 is 39.5 Å². The average molecular weight is 1480 g/mol. The second-order valence-electron chi connectivity index (χ2n) is 27.4. The van der Waals surface area contributed by atoms with Crippen LogP contribution < -0.4 is 0 Å². The van der Waals surface area contributed by atoms with Crippen molar-refractivity contribution in [2.24, 2.45) is 0 Å². The molecule has 0 saturated carbocycles. The highest BCUT2D eigenvalue weighted by Gasteiger charge is 2.30. The van der Waals surface area contributed by atoms with Gasteiger partial charge in [-0.1, -0.05) is 299 Å². The lowest BCUT2D eigenvalue weighted by molar-refractivity contribution is -0.161. The second kappa shape index (κ2) is 75.5. The molecule has 102 heavy (non-hydrogen) atoms. The maximum absolute atomic E-state index is 13.1. The minimum atomic E-state index is -4.99. The monoisotopic (exact) mass is 1480 g/mol. The van der Waals surface area contributed by atoms with Gasteiger partial charge in [0.15, 0.2) is 12.2 Å². The van der Waals surface area contributed by atoms with Gasteiger partial charge in [-0.05, 0) is 122 Å². The number of allylic oxidation sites excluding steroid dienone is 14. The smallest absolute Gasteiger partial charge is 0.462 e. The number of aliphatic hydroxyl groups excluding tert-OH is 1. The predicted molar refractivity (Wildman–Crippen MR) is 418 cm³/mol. The summed E-state index contributed by atoms with van der Waals surface area (Å²) in [7, 11) is -9.97. The summed E-state index contributed by atoms with van der Waals surface area (Å²) in [6.45, 7) is 4.79. The number of unbranched alkanes of at least 4 members (excludes halogenated alkanes) is 37. The van der Waals surface area contributed by atoms with Crippen LogP contribution in [0.25, 0.3) is 0 Å². The van der Waals surface area contributed by atoms with E-state index in [1.807, 2.05) is 12.2 Å². The third-order valence-electron chi connectivity index (χ3n) is 17.3. The Balaban J connectivity index is 5.40. The average Bonchev–Trinajstić information content (AvgIpc) is 0.923. The van der Waals surface area contributed by atoms with Crippen molar-refractivity contribution in [2.45, 2.75) is 380 Å². The van der Waals surface area contributed by atoms with Crippen molar-refractivity contribution in [3.63, 3.8) is 0 Å². The first kappa shape index (κ1) is 98.2. The van der Waals surface area contributed by atoms with Gasteiger partial charge in [-0.25, -0.2) is 9.13 Å². The van der Waals surface area contributed by atoms with Gasteiger partial charge in [-0.15, -0.1) is 0 Å². The third-order valence-corrected chi connectivity index (χ3v) is 19.2. The zero-order valence-corrected chi connectivity index (χ0v) is 66.6. The van der Waals surface area contributed by atoms with Gasteiger partial charge in [-0.2, -0.15) is 0 Å². The molecule has 0 bridgehead atoms. The number of carbonyl (C=O) groups is 4. The van der Waals surface area contributed by atoms with E-state index in [1.165, 1.54) is 141 Å². The molecule has 17 nitrogen and oxygen atoms in total. The lowest BCUT2D eigenvalue weighted by Gasteiger charge is -2.21. The van der Waals surface area contributed by atoms with Gasteiger partial charge in [0.25, 0.3) is 0 Å². The van der Waals surface area contributed by atoms with Crippen LogP contribution in [0.3, 0.4) is 0 Å². The van der Waals surface area contributed by atoms with E-state index in [-0.39, 0.29) is 25.7 Å². The Kier molecular flexibility index (Phi) is 72.7. The molecule has 0 aliphatic rings. The van der Waals surface area contributed by atoms with E-state index in [9.17, 15) is 43.2 Å². The second-order valence-corrected chi connectivity index (χ2v) is 30.3. The molecule has 0 rings (SSSR count). The Labute approximate surface area is 621 Å². The molecule has 0 spiro atoms. The number of hydrogen-bond donors (Lipinski definition) is 3. The van der Waals surface area contributed by atoms with E-state index < -0.39 is 97.5 Å². The van der Waals surface area contributed by atoms with Crippen LogP contribution in [0.4, 0.5) is 0 Å². The molecule has 0 heterocycles. The van der Waals surface area contributed by atoms with E-state index in [0.717, 1.165) is 135 Å². The molecular weight excluding hydrogens is 1330 g/mol. The standard InChI is InChI=1S/C83H148O17P2/c1-5-9-13-17-21-25-29-33-37-38-42-44-48-52-56-60-64-68-81(86)94-74-79(100-83(88)70-66-62-58-54-50-46-41-36-32-28-24-20-16-12-8-4)76-98-102(91,92)96-72-77(84)71-95-101(89,90)97-75-78(99-82(87)69-65-61-57-53-49-45-40-35-31-27-23-19-15-11-7-3)73-93-80(85)67-63-59-55-51-47-43-39-34-30-26-22-18-14-10-6-2/h21,24-25,28,33-34,36-37,39,41-42,44,52,56,77-79,84H,5-20,22-23,26-27,29-32,35,38,40,43,45-51,53-55,57-76H2,1-4H3,(H,89,90)(H,91,92)/b25-21-,28-24-,37-33-,39-34-,41-36-,44-42-,56-52-/t77-,78+,79+/m0/s1. The van der Waals surface area contributed by atoms with Crippen molar-refractivity contribution in [3.05, 3.63) is 85.1 Å². The molecule has 3 N–H and O–H groups in total. The summed E-state index contributed by atoms with van der Waals surface area (Å²) in [6, 6.07) is 0. The minimum absolute atomic E-state index is 0.0685. The molecule has 0 aliphatic carbocycles. The van der Waals surface area contributed by atoms with E-state index in [0.29, 0.717) is 32.1 Å². The van der Waals surface area contributed by atoms with Crippen LogP contribution in [-0.4, -0.2) is 96.7 Å². The van der Waals surface area contributed by atoms with Gasteiger partial charge in [0, 0.05) is 25.7 Å². The Morgan fingerprint density at radius 3 is 0.804 bits per heavy atom. The van der Waals surface area contributed by atoms with Gasteiger partial charge in [-0.3, -0.25) is 37.3 Å². The summed E-state index contributed by atoms with van der Waals surface area (Å²) in [6.07, 6.45) is 78.4. The predicted octanol–water partition coefficient (Wildman–Crippen LogP) is 23.8. The third kappa shape index (κ3) is 74.5. The summed E-state index contributed by atoms with van der Waals surface area (Å²) in [4.78, 5) is 73.0. The van der Waals surface area contributed by atoms with E-state index in [2.05, 4.69) is 101 Å². The molecule has 592 valence electrons. The summed E-state index contributed by atoms with van der Waals surface area (Å²) < 4.78 is 68.6. The molecule has 0 aromatic rings. The maximum atomic E-state index is 13.1. The van der Waals surface area contributed by atoms with Crippen LogP contribution in [0, 0.1) is 0 Å². The molecule has 0 amide bonds. The number of hydrogen-bond acceptors (Lipinski definition) is 15. The van der Waals surface area contributed by atoms with Gasteiger partial charge >= 0.3 is 39.5 Å². The summed E-state index contributed by atoms with van der Waals surface area (Å²) in [5.41, 5.74) is 0. The SMILES string of the molecule is CCCCC/C=C\C/C=C\C/C=C\C/C=C\CCCC(=O)OC[C@H](COP(=O)(O)OC[C@@H](O)COP(=O)(O)OC[C@@H](COC(=O)CCCCCCC/C=C\CCCCCCCC)OC(=O)CCCCCCCCCCCCCCCCC)OC(=O)CCCCCCC/C=C\C/C=C\CCCCC. The molecular formula is C83H148O17P2. The number of aliphatic hydroxyl groups is 1. The van der Waals surface area contributed by atoms with Gasteiger partial charge < -0.3 is 33.8 Å². The van der Waals surface area contributed by atoms with Gasteiger partial charge in [0.1, 0.15) is 19.3 Å². The Morgan fingerprint density at radius 1 is 0.275 bits per heavy atom. The first-order chi connectivity index (χ1) is 49.7. The minimum Gasteiger partial charge on any atom is -0.462 e. The number of ether oxygens (including phenoxy) is 4. The van der Waals surface area contributed by atoms with Crippen molar-refractivity contribution in [1.82, 2.24) is 0 Å². The largest absolute Gasteiger partial charge is 0.472 e. The fourth-order valence-electron chi connectivity index (χ4n) is 11.1. The first-order valence-electron chi connectivity index (χ1n) is 40.8. The number of phosphoric acid groups is 2. The van der Waals surface area contributed by atoms with Crippen molar-refractivity contribution in [3.8, 4) is 0 Å². The van der Waals surface area contributed by atoms with Crippen molar-refractivity contribution in [2.75, 3.05) is 39.6 Å². The van der Waals surface area contributed by atoms with Crippen molar-refractivity contribution in [1.29, 1.82) is 0 Å². The van der Waals surface area contributed by atoms with Crippen molar-refractivity contribution < 1.29 is 80.2 Å². The molecule has 0 aliphatic heterocycles. The lowest BCUT2D eigenvalue weighted by Crippen LogP contribution is -2.30. The fourth-order valence-corrected chi connectivity index (χ4v) is 12.6. The molecule has 2 unspecified atom stereocenters. The normalized spacial score (nSPS) is 14.3. The Morgan fingerprint density at radius 2 is 0.490 bits per heavy atom. The number of phosphoric ester groups is 2. The highest BCUT2D eigenvalue weighted by atomic mass is 31.2. The summed E-state index contributed by atoms with van der Waals surface area (Å²) in [5, 5.41) is 10.6. The van der Waals surface area contributed by atoms with Crippen LogP contribution in [0.5, 0.6) is 0 Å². The molecule has 0 saturated heterocycles. The Hall–Kier alpha value is -3.76. The topological polar surface area (TPSA) is 237 Å². The first-order valence-corrected chi connectivity index (χ1v) is 43.8. The van der Waals surface area contributed by atoms with Crippen LogP contribution in [0.1, 0.15) is 362 Å². The molecule has 5 atom stereocenters. The zero-order valence-electron chi connectivity index (χ0n) is 64.8. The molecule has 0 aromatic carbocycles. The lowest BCUT2D eigenvalue weighted by atomic mass is 10.0. The van der Waals surface area contributed by atoms with Crippen LogP contribution in [0.2, 0.25) is 0 Å². The fraction of sp³-hybridized carbons (Fsp3) is 0.783. The molecule has 0 fully saturated rings. The van der Waals surface area contributed by atoms with Gasteiger partial charge in [0.2, 0.25) is 0 Å². The molecule has 0 radical (unpaired) electrons. The van der Waals surface area contributed by atoms with Gasteiger partial charge in [0.05, 0.1) is 26.4 Å². The molecule has 0 aromatic heterocycles. The van der Waals surface area contributed by atoms with Crippen LogP contribution in [0.15, 0.2) is 85.1 Å². The number of esters is 4.